The van der Waals surface area contributed by atoms with E-state index >= 15 is 0 Å². The van der Waals surface area contributed by atoms with E-state index < -0.39 is 5.91 Å². The molecule has 3 heterocycles. The smallest absolute Gasteiger partial charge is 0.283 e. The number of aromatic nitrogens is 1. The summed E-state index contributed by atoms with van der Waals surface area (Å²) in [6.45, 7) is 5.52. The van der Waals surface area contributed by atoms with Gasteiger partial charge in [-0.3, -0.25) is 10.2 Å². The molecule has 0 saturated heterocycles. The molecule has 8 heteroatoms. The van der Waals surface area contributed by atoms with E-state index in [-0.39, 0.29) is 17.2 Å². The number of para-hydroxylation sites is 1. The standard InChI is InChI=1S/C19H16FN5OS/c1-10-8-13(11(2)24(10)16-7-5-4-6-15(16)20)9-14-17(21)25-19(22-18(14)26)27-12(3)23-25/h4-9,21H,1-3H3/b14-9+,21-17?. The molecule has 1 aromatic heterocycles. The number of hydrogen-bond acceptors (Lipinski definition) is 4. The summed E-state index contributed by atoms with van der Waals surface area (Å²) in [5, 5.41) is 15.1. The number of fused-ring (bicyclic) bond motifs is 1. The second-order valence-corrected chi connectivity index (χ2v) is 7.41. The fourth-order valence-corrected chi connectivity index (χ4v) is 3.91. The summed E-state index contributed by atoms with van der Waals surface area (Å²) < 4.78 is 16.0. The minimum Gasteiger partial charge on any atom is -0.315 e. The van der Waals surface area contributed by atoms with Crippen LogP contribution in [-0.4, -0.2) is 31.5 Å². The topological polar surface area (TPSA) is 73.8 Å². The number of aryl methyl sites for hydroxylation is 1. The Labute approximate surface area is 159 Å². The van der Waals surface area contributed by atoms with Crippen molar-refractivity contribution in [2.75, 3.05) is 0 Å². The molecule has 0 atom stereocenters. The van der Waals surface area contributed by atoms with Gasteiger partial charge in [-0.1, -0.05) is 12.1 Å². The molecule has 6 nitrogen and oxygen atoms in total. The van der Waals surface area contributed by atoms with Crippen molar-refractivity contribution >= 4 is 39.8 Å². The number of nitrogens with one attached hydrogen (secondary N) is 1. The van der Waals surface area contributed by atoms with Crippen LogP contribution in [0.25, 0.3) is 11.8 Å². The number of nitrogens with zero attached hydrogens (tertiary/aromatic N) is 4. The molecular weight excluding hydrogens is 365 g/mol. The Morgan fingerprint density at radius 3 is 2.70 bits per heavy atom. The second kappa shape index (κ2) is 6.31. The first-order valence-electron chi connectivity index (χ1n) is 8.27. The predicted molar refractivity (Wildman–Crippen MR) is 106 cm³/mol. The van der Waals surface area contributed by atoms with Gasteiger partial charge in [0.25, 0.3) is 5.91 Å². The summed E-state index contributed by atoms with van der Waals surface area (Å²) in [6.07, 6.45) is 1.62. The van der Waals surface area contributed by atoms with E-state index in [0.29, 0.717) is 10.9 Å². The third-order valence-corrected chi connectivity index (χ3v) is 5.24. The summed E-state index contributed by atoms with van der Waals surface area (Å²) in [5.41, 5.74) is 2.94. The van der Waals surface area contributed by atoms with E-state index in [2.05, 4.69) is 10.1 Å². The zero-order valence-corrected chi connectivity index (χ0v) is 15.8. The van der Waals surface area contributed by atoms with Crippen LogP contribution in [0, 0.1) is 25.1 Å². The average Bonchev–Trinajstić information content (AvgIpc) is 3.12. The third-order valence-electron chi connectivity index (χ3n) is 4.42. The van der Waals surface area contributed by atoms with E-state index in [4.69, 9.17) is 5.41 Å². The highest BCUT2D eigenvalue weighted by Gasteiger charge is 2.34. The summed E-state index contributed by atoms with van der Waals surface area (Å²) in [6, 6.07) is 8.40. The molecule has 0 bridgehead atoms. The largest absolute Gasteiger partial charge is 0.315 e. The fraction of sp³-hybridized carbons (Fsp3) is 0.158. The van der Waals surface area contributed by atoms with Crippen LogP contribution in [-0.2, 0) is 4.79 Å². The molecule has 0 fully saturated rings. The lowest BCUT2D eigenvalue weighted by molar-refractivity contribution is -0.114. The first kappa shape index (κ1) is 17.4. The lowest BCUT2D eigenvalue weighted by Crippen LogP contribution is -2.35. The number of aliphatic imine (C=N–C) groups is 1. The normalized spacial score (nSPS) is 18.1. The van der Waals surface area contributed by atoms with Gasteiger partial charge in [0.15, 0.2) is 5.84 Å². The van der Waals surface area contributed by atoms with Crippen LogP contribution in [0.2, 0.25) is 0 Å². The Balaban J connectivity index is 1.80. The van der Waals surface area contributed by atoms with E-state index in [1.807, 2.05) is 19.9 Å². The van der Waals surface area contributed by atoms with Gasteiger partial charge >= 0.3 is 0 Å². The Bertz CT molecular complexity index is 1100. The molecule has 0 spiro atoms. The maximum atomic E-state index is 14.2. The molecule has 0 unspecified atom stereocenters. The monoisotopic (exact) mass is 381 g/mol. The predicted octanol–water partition coefficient (Wildman–Crippen LogP) is 3.87. The lowest BCUT2D eigenvalue weighted by atomic mass is 10.1. The lowest BCUT2D eigenvalue weighted by Gasteiger charge is -2.20. The second-order valence-electron chi connectivity index (χ2n) is 6.25. The number of amides is 1. The van der Waals surface area contributed by atoms with Gasteiger partial charge in [0.2, 0.25) is 5.17 Å². The van der Waals surface area contributed by atoms with Gasteiger partial charge in [-0.25, -0.2) is 4.39 Å². The molecule has 136 valence electrons. The number of thioether (sulfide) groups is 1. The van der Waals surface area contributed by atoms with Gasteiger partial charge in [0.1, 0.15) is 5.82 Å². The van der Waals surface area contributed by atoms with Crippen molar-refractivity contribution in [3.8, 4) is 5.69 Å². The van der Waals surface area contributed by atoms with E-state index in [1.54, 1.807) is 35.8 Å². The molecule has 1 amide bonds. The molecule has 0 saturated carbocycles. The molecular formula is C19H16FN5OS. The summed E-state index contributed by atoms with van der Waals surface area (Å²) >= 11 is 1.27. The molecule has 0 aliphatic carbocycles. The number of halogens is 1. The maximum Gasteiger partial charge on any atom is 0.283 e. The Morgan fingerprint density at radius 1 is 1.22 bits per heavy atom. The number of benzene rings is 1. The number of carbonyl (C=O) groups is 1. The first-order valence-corrected chi connectivity index (χ1v) is 9.09. The molecule has 0 radical (unpaired) electrons. The fourth-order valence-electron chi connectivity index (χ4n) is 3.18. The third kappa shape index (κ3) is 2.82. The highest BCUT2D eigenvalue weighted by Crippen LogP contribution is 2.29. The van der Waals surface area contributed by atoms with Gasteiger partial charge < -0.3 is 4.57 Å². The number of amidine groups is 2. The van der Waals surface area contributed by atoms with E-state index in [0.717, 1.165) is 22.0 Å². The quantitative estimate of drug-likeness (QED) is 0.803. The van der Waals surface area contributed by atoms with Crippen LogP contribution in [0.1, 0.15) is 23.9 Å². The summed E-state index contributed by atoms with van der Waals surface area (Å²) in [7, 11) is 0. The van der Waals surface area contributed by atoms with Crippen LogP contribution >= 0.6 is 11.8 Å². The van der Waals surface area contributed by atoms with Crippen molar-refractivity contribution in [1.29, 1.82) is 5.41 Å². The zero-order chi connectivity index (χ0) is 19.3. The first-order chi connectivity index (χ1) is 12.9. The number of hydrogen-bond donors (Lipinski definition) is 1. The van der Waals surface area contributed by atoms with Crippen molar-refractivity contribution in [2.45, 2.75) is 20.8 Å². The van der Waals surface area contributed by atoms with E-state index in [1.165, 1.54) is 22.8 Å². The van der Waals surface area contributed by atoms with Crippen molar-refractivity contribution in [2.24, 2.45) is 10.1 Å². The van der Waals surface area contributed by atoms with Crippen molar-refractivity contribution in [1.82, 2.24) is 9.58 Å². The maximum absolute atomic E-state index is 14.2. The zero-order valence-electron chi connectivity index (χ0n) is 14.9. The number of hydrazone groups is 1. The Hall–Kier alpha value is -3.00. The average molecular weight is 381 g/mol. The Kier molecular flexibility index (Phi) is 4.07. The highest BCUT2D eigenvalue weighted by molar-refractivity contribution is 8.26. The van der Waals surface area contributed by atoms with Gasteiger partial charge in [-0.05, 0) is 62.4 Å². The molecule has 2 aliphatic heterocycles. The van der Waals surface area contributed by atoms with Gasteiger partial charge in [0, 0.05) is 11.4 Å². The van der Waals surface area contributed by atoms with Crippen LogP contribution < -0.4 is 0 Å². The van der Waals surface area contributed by atoms with Crippen molar-refractivity contribution in [3.63, 3.8) is 0 Å². The molecule has 1 aromatic carbocycles. The summed E-state index contributed by atoms with van der Waals surface area (Å²) in [4.78, 5) is 16.5. The van der Waals surface area contributed by atoms with Crippen molar-refractivity contribution in [3.05, 3.63) is 58.7 Å². The van der Waals surface area contributed by atoms with E-state index in [9.17, 15) is 9.18 Å². The molecule has 1 N–H and O–H groups in total. The van der Waals surface area contributed by atoms with Crippen molar-refractivity contribution < 1.29 is 9.18 Å². The minimum atomic E-state index is -0.473. The number of carbonyl (C=O) groups excluding carboxylic acids is 1. The van der Waals surface area contributed by atoms with Gasteiger partial charge in [-0.2, -0.15) is 15.1 Å². The van der Waals surface area contributed by atoms with Crippen LogP contribution in [0.15, 0.2) is 46.0 Å². The number of rotatable bonds is 2. The molecule has 27 heavy (non-hydrogen) atoms. The van der Waals surface area contributed by atoms with Gasteiger partial charge in [0.05, 0.1) is 16.3 Å². The molecule has 4 rings (SSSR count). The Morgan fingerprint density at radius 2 is 1.96 bits per heavy atom. The van der Waals surface area contributed by atoms with Crippen LogP contribution in [0.3, 0.4) is 0 Å². The van der Waals surface area contributed by atoms with Crippen LogP contribution in [0.5, 0.6) is 0 Å². The highest BCUT2D eigenvalue weighted by atomic mass is 32.2. The molecule has 2 aromatic rings. The molecule has 2 aliphatic rings. The SMILES string of the molecule is CC1=NN2C(=N)/C(=C\c3cc(C)n(-c4ccccc4F)c3C)C(=O)N=C2S1. The van der Waals surface area contributed by atoms with Gasteiger partial charge in [-0.15, -0.1) is 0 Å². The summed E-state index contributed by atoms with van der Waals surface area (Å²) in [5.74, 6) is -0.808. The van der Waals surface area contributed by atoms with Crippen LogP contribution in [0.4, 0.5) is 4.39 Å². The minimum absolute atomic E-state index is 0.00922.